The van der Waals surface area contributed by atoms with Gasteiger partial charge in [0.05, 0.1) is 17.2 Å². The largest absolute Gasteiger partial charge is 0.491 e. The highest BCUT2D eigenvalue weighted by Crippen LogP contribution is 2.41. The van der Waals surface area contributed by atoms with Crippen LogP contribution in [0.4, 0.5) is 21.5 Å². The van der Waals surface area contributed by atoms with E-state index in [9.17, 15) is 10.1 Å². The van der Waals surface area contributed by atoms with E-state index in [1.54, 1.807) is 12.1 Å². The predicted octanol–water partition coefficient (Wildman–Crippen LogP) is 7.32. The normalized spacial score (nSPS) is 14.8. The lowest BCUT2D eigenvalue weighted by molar-refractivity contribution is -0.384. The number of epoxide rings is 1. The number of azo groups is 1. The summed E-state index contributed by atoms with van der Waals surface area (Å²) in [5, 5.41) is 21.4. The maximum Gasteiger partial charge on any atom is 0.269 e. The average molecular weight is 510 g/mol. The smallest absolute Gasteiger partial charge is 0.269 e. The number of unbranched alkanes of at least 4 members (excludes halogenated alkanes) is 2. The number of benzene rings is 2. The second-order valence-electron chi connectivity index (χ2n) is 8.61. The highest BCUT2D eigenvalue weighted by atomic mass is 32.1. The van der Waals surface area contributed by atoms with Gasteiger partial charge in [0, 0.05) is 30.8 Å². The van der Waals surface area contributed by atoms with E-state index < -0.39 is 4.92 Å². The highest BCUT2D eigenvalue weighted by Gasteiger charge is 2.23. The van der Waals surface area contributed by atoms with Crippen LogP contribution in [-0.4, -0.2) is 42.3 Å². The fourth-order valence-electron chi connectivity index (χ4n) is 3.50. The van der Waals surface area contributed by atoms with Gasteiger partial charge >= 0.3 is 0 Å². The Labute approximate surface area is 215 Å². The quantitative estimate of drug-likeness (QED) is 0.0975. The summed E-state index contributed by atoms with van der Waals surface area (Å²) in [6.45, 7) is 7.58. The monoisotopic (exact) mass is 509 g/mol. The molecule has 1 fully saturated rings. The summed E-state index contributed by atoms with van der Waals surface area (Å²) in [5.74, 6) is 0.784. The number of hydrogen-bond donors (Lipinski definition) is 0. The summed E-state index contributed by atoms with van der Waals surface area (Å²) in [6.07, 6.45) is 4.61. The van der Waals surface area contributed by atoms with Gasteiger partial charge in [0.1, 0.15) is 24.2 Å². The van der Waals surface area contributed by atoms with Crippen molar-refractivity contribution >= 4 is 32.8 Å². The number of nitro benzene ring substituents is 1. The van der Waals surface area contributed by atoms with E-state index in [-0.39, 0.29) is 11.8 Å². The molecule has 9 nitrogen and oxygen atoms in total. The molecule has 1 aromatic heterocycles. The molecular weight excluding hydrogens is 478 g/mol. The van der Waals surface area contributed by atoms with E-state index >= 15 is 0 Å². The topological polar surface area (TPSA) is 106 Å². The molecule has 0 spiro atoms. The number of hydrogen-bond acceptors (Lipinski definition) is 9. The van der Waals surface area contributed by atoms with Crippen LogP contribution in [-0.2, 0) is 4.74 Å². The molecule has 10 heteroatoms. The van der Waals surface area contributed by atoms with Gasteiger partial charge in [0.2, 0.25) is 0 Å². The number of nitrogens with zero attached hydrogens (tertiary/aromatic N) is 5. The molecule has 4 rings (SSSR count). The average Bonchev–Trinajstić information content (AvgIpc) is 3.64. The van der Waals surface area contributed by atoms with Crippen LogP contribution in [0.25, 0.3) is 11.3 Å². The minimum absolute atomic E-state index is 0.0211. The second-order valence-corrected chi connectivity index (χ2v) is 9.56. The van der Waals surface area contributed by atoms with Gasteiger partial charge in [-0.25, -0.2) is 4.98 Å². The number of non-ortho nitro benzene ring substituents is 1. The van der Waals surface area contributed by atoms with Crippen LogP contribution in [0.5, 0.6) is 5.75 Å². The molecule has 0 radical (unpaired) electrons. The first-order valence-electron chi connectivity index (χ1n) is 12.3. The van der Waals surface area contributed by atoms with Crippen LogP contribution in [0.3, 0.4) is 0 Å². The maximum atomic E-state index is 10.9. The number of aromatic nitrogens is 1. The molecule has 1 atom stereocenters. The summed E-state index contributed by atoms with van der Waals surface area (Å²) in [4.78, 5) is 17.8. The molecule has 1 aliphatic heterocycles. The Balaban J connectivity index is 1.62. The van der Waals surface area contributed by atoms with Crippen LogP contribution in [0.2, 0.25) is 0 Å². The third kappa shape index (κ3) is 7.08. The molecule has 0 saturated carbocycles. The zero-order valence-corrected chi connectivity index (χ0v) is 21.4. The van der Waals surface area contributed by atoms with Crippen molar-refractivity contribution in [1.82, 2.24) is 4.98 Å². The molecule has 190 valence electrons. The number of anilines is 1. The molecule has 1 aliphatic rings. The molecule has 0 unspecified atom stereocenters. The van der Waals surface area contributed by atoms with Crippen LogP contribution >= 0.6 is 11.3 Å². The highest BCUT2D eigenvalue weighted by molar-refractivity contribution is 7.19. The van der Waals surface area contributed by atoms with Crippen molar-refractivity contribution in [3.8, 4) is 17.0 Å². The second kappa shape index (κ2) is 12.5. The van der Waals surface area contributed by atoms with Crippen molar-refractivity contribution in [2.45, 2.75) is 45.6 Å². The summed E-state index contributed by atoms with van der Waals surface area (Å²) >= 11 is 1.52. The lowest BCUT2D eigenvalue weighted by Gasteiger charge is -2.21. The van der Waals surface area contributed by atoms with Crippen molar-refractivity contribution < 1.29 is 14.4 Å². The Hall–Kier alpha value is -3.37. The van der Waals surface area contributed by atoms with E-state index in [0.29, 0.717) is 17.3 Å². The minimum Gasteiger partial charge on any atom is -0.491 e. The first-order chi connectivity index (χ1) is 17.6. The maximum absolute atomic E-state index is 10.9. The lowest BCUT2D eigenvalue weighted by Crippen LogP contribution is -2.25. The summed E-state index contributed by atoms with van der Waals surface area (Å²) in [6, 6.07) is 13.9. The predicted molar refractivity (Wildman–Crippen MR) is 142 cm³/mol. The van der Waals surface area contributed by atoms with Gasteiger partial charge in [0.15, 0.2) is 10.1 Å². The number of nitro groups is 1. The van der Waals surface area contributed by atoms with Crippen LogP contribution in [0.15, 0.2) is 58.8 Å². The lowest BCUT2D eigenvalue weighted by atomic mass is 10.1. The van der Waals surface area contributed by atoms with E-state index in [1.807, 2.05) is 24.3 Å². The summed E-state index contributed by atoms with van der Waals surface area (Å²) in [5.41, 5.74) is 2.25. The van der Waals surface area contributed by atoms with E-state index in [1.165, 1.54) is 23.5 Å². The van der Waals surface area contributed by atoms with Crippen molar-refractivity contribution in [2.24, 2.45) is 10.2 Å². The van der Waals surface area contributed by atoms with Crippen LogP contribution < -0.4 is 9.64 Å². The Morgan fingerprint density at radius 2 is 1.75 bits per heavy atom. The Bertz CT molecular complexity index is 1150. The number of ether oxygens (including phenoxy) is 2. The number of thiazole rings is 1. The van der Waals surface area contributed by atoms with Crippen LogP contribution in [0, 0.1) is 10.1 Å². The van der Waals surface area contributed by atoms with Gasteiger partial charge in [-0.2, -0.15) is 0 Å². The molecule has 0 amide bonds. The fourth-order valence-corrected chi connectivity index (χ4v) is 4.46. The standard InChI is InChI=1S/C26H31N5O4S/c1-3-5-15-30(16-6-4-2)26-27-24(19-7-13-22(14-8-19)34-17-23-18-35-23)25(36-26)29-28-20-9-11-21(12-10-20)31(32)33/h7-14,23H,3-6,15-18H2,1-2H3/t23-/m1/s1. The molecule has 2 heterocycles. The minimum atomic E-state index is -0.430. The Morgan fingerprint density at radius 3 is 2.33 bits per heavy atom. The van der Waals surface area contributed by atoms with E-state index in [2.05, 4.69) is 29.0 Å². The van der Waals surface area contributed by atoms with Gasteiger partial charge in [-0.15, -0.1) is 10.2 Å². The molecule has 0 aliphatic carbocycles. The van der Waals surface area contributed by atoms with Gasteiger partial charge in [0.25, 0.3) is 5.69 Å². The summed E-state index contributed by atoms with van der Waals surface area (Å²) in [7, 11) is 0. The van der Waals surface area contributed by atoms with Gasteiger partial charge in [-0.1, -0.05) is 38.0 Å². The van der Waals surface area contributed by atoms with Crippen molar-refractivity contribution in [2.75, 3.05) is 31.2 Å². The van der Waals surface area contributed by atoms with Crippen LogP contribution in [0.1, 0.15) is 39.5 Å². The van der Waals surface area contributed by atoms with Gasteiger partial charge in [-0.05, 0) is 49.2 Å². The fraction of sp³-hybridized carbons (Fsp3) is 0.423. The molecule has 2 aromatic carbocycles. The third-order valence-electron chi connectivity index (χ3n) is 5.71. The Kier molecular flexibility index (Phi) is 8.96. The summed E-state index contributed by atoms with van der Waals surface area (Å²) < 4.78 is 11.0. The molecule has 1 saturated heterocycles. The van der Waals surface area contributed by atoms with E-state index in [4.69, 9.17) is 14.5 Å². The van der Waals surface area contributed by atoms with Gasteiger partial charge in [-0.3, -0.25) is 10.1 Å². The van der Waals surface area contributed by atoms with Crippen molar-refractivity contribution in [3.63, 3.8) is 0 Å². The van der Waals surface area contributed by atoms with Crippen molar-refractivity contribution in [3.05, 3.63) is 58.6 Å². The van der Waals surface area contributed by atoms with E-state index in [0.717, 1.165) is 67.5 Å². The van der Waals surface area contributed by atoms with Crippen molar-refractivity contribution in [1.29, 1.82) is 0 Å². The Morgan fingerprint density at radius 1 is 1.08 bits per heavy atom. The molecule has 36 heavy (non-hydrogen) atoms. The SMILES string of the molecule is CCCCN(CCCC)c1nc(-c2ccc(OC[C@@H]3CO3)cc2)c(N=Nc2ccc([N+](=O)[O-])cc2)s1. The third-order valence-corrected chi connectivity index (χ3v) is 6.71. The molecule has 0 N–H and O–H groups in total. The molecule has 0 bridgehead atoms. The first-order valence-corrected chi connectivity index (χ1v) is 13.2. The first kappa shape index (κ1) is 25.7. The number of rotatable bonds is 14. The zero-order chi connectivity index (χ0) is 25.3. The molecular formula is C26H31N5O4S. The zero-order valence-electron chi connectivity index (χ0n) is 20.6. The van der Waals surface area contributed by atoms with Gasteiger partial charge < -0.3 is 14.4 Å². The molecule has 3 aromatic rings.